The van der Waals surface area contributed by atoms with E-state index in [4.69, 9.17) is 9.47 Å². The Kier molecular flexibility index (Phi) is 9.53. The second kappa shape index (κ2) is 12.6. The first-order valence-corrected chi connectivity index (χ1v) is 12.4. The van der Waals surface area contributed by atoms with Crippen LogP contribution in [-0.4, -0.2) is 57.8 Å². The largest absolute Gasteiger partial charge is 0.463 e. The van der Waals surface area contributed by atoms with Gasteiger partial charge in [-0.15, -0.1) is 11.3 Å². The molecule has 0 aliphatic heterocycles. The molecule has 1 aromatic carbocycles. The molecular weight excluding hydrogens is 470 g/mol. The Morgan fingerprint density at radius 1 is 1.17 bits per heavy atom. The Morgan fingerprint density at radius 2 is 1.91 bits per heavy atom. The molecule has 0 amide bonds. The quantitative estimate of drug-likeness (QED) is 0.363. The first kappa shape index (κ1) is 26.5. The van der Waals surface area contributed by atoms with Crippen molar-refractivity contribution in [2.45, 2.75) is 52.8 Å². The van der Waals surface area contributed by atoms with Crippen LogP contribution in [0.2, 0.25) is 0 Å². The summed E-state index contributed by atoms with van der Waals surface area (Å²) in [6.07, 6.45) is 0.0744. The molecule has 35 heavy (non-hydrogen) atoms. The van der Waals surface area contributed by atoms with Gasteiger partial charge in [0.25, 0.3) is 5.56 Å². The highest BCUT2D eigenvalue weighted by Crippen LogP contribution is 2.27. The van der Waals surface area contributed by atoms with Crippen LogP contribution in [0, 0.1) is 6.92 Å². The van der Waals surface area contributed by atoms with Crippen LogP contribution in [0.15, 0.2) is 35.1 Å². The average Bonchev–Trinajstić information content (AvgIpc) is 3.15. The van der Waals surface area contributed by atoms with Gasteiger partial charge in [0, 0.05) is 19.5 Å². The van der Waals surface area contributed by atoms with Crippen molar-refractivity contribution in [2.24, 2.45) is 0 Å². The summed E-state index contributed by atoms with van der Waals surface area (Å²) < 4.78 is 10.2. The highest BCUT2D eigenvalue weighted by molar-refractivity contribution is 7.20. The van der Waals surface area contributed by atoms with E-state index < -0.39 is 12.1 Å². The fourth-order valence-corrected chi connectivity index (χ4v) is 4.80. The van der Waals surface area contributed by atoms with Crippen molar-refractivity contribution in [3.8, 4) is 0 Å². The van der Waals surface area contributed by atoms with Crippen molar-refractivity contribution in [3.63, 3.8) is 0 Å². The molecule has 0 radical (unpaired) electrons. The molecule has 2 aromatic heterocycles. The molecule has 0 aliphatic carbocycles. The standard InChI is InChI=1S/C25H31N3O6S/c1-4-9-20(30)34-15-18(29)13-28(12-17-10-7-6-8-11-17)14-19-26-23(31)21-16(3)22(25(32)33-5-2)35-24(21)27-19/h6-8,10-11,18,29H,4-5,9,12-15H2,1-3H3,(H,26,27,31)/t18-/m1/s1. The number of fused-ring (bicyclic) bond motifs is 1. The predicted octanol–water partition coefficient (Wildman–Crippen LogP) is 3.18. The van der Waals surface area contributed by atoms with Crippen LogP contribution < -0.4 is 5.56 Å². The number of hydrogen-bond donors (Lipinski definition) is 2. The van der Waals surface area contributed by atoms with Crippen molar-refractivity contribution >= 4 is 33.5 Å². The Balaban J connectivity index is 1.82. The van der Waals surface area contributed by atoms with Crippen LogP contribution in [0.4, 0.5) is 0 Å². The summed E-state index contributed by atoms with van der Waals surface area (Å²) in [7, 11) is 0. The number of carbonyl (C=O) groups is 2. The molecule has 3 rings (SSSR count). The maximum Gasteiger partial charge on any atom is 0.348 e. The van der Waals surface area contributed by atoms with Gasteiger partial charge in [-0.05, 0) is 31.4 Å². The number of nitrogens with zero attached hydrogens (tertiary/aromatic N) is 2. The van der Waals surface area contributed by atoms with E-state index in [1.54, 1.807) is 13.8 Å². The lowest BCUT2D eigenvalue weighted by molar-refractivity contribution is -0.147. The first-order chi connectivity index (χ1) is 16.8. The minimum absolute atomic E-state index is 0.111. The molecular formula is C25H31N3O6S. The second-order valence-electron chi connectivity index (χ2n) is 8.21. The van der Waals surface area contributed by atoms with Crippen LogP contribution in [-0.2, 0) is 27.4 Å². The van der Waals surface area contributed by atoms with Crippen LogP contribution in [0.25, 0.3) is 10.2 Å². The number of aliphatic hydroxyl groups is 1. The number of hydrogen-bond acceptors (Lipinski definition) is 9. The zero-order valence-corrected chi connectivity index (χ0v) is 21.0. The predicted molar refractivity (Wildman–Crippen MR) is 133 cm³/mol. The number of nitrogens with one attached hydrogen (secondary N) is 1. The number of aliphatic hydroxyl groups excluding tert-OH is 1. The summed E-state index contributed by atoms with van der Waals surface area (Å²) in [6, 6.07) is 9.70. The molecule has 9 nitrogen and oxygen atoms in total. The third-order valence-electron chi connectivity index (χ3n) is 5.29. The van der Waals surface area contributed by atoms with Crippen LogP contribution in [0.5, 0.6) is 0 Å². The molecule has 10 heteroatoms. The molecule has 3 aromatic rings. The minimum Gasteiger partial charge on any atom is -0.463 e. The number of ether oxygens (including phenoxy) is 2. The molecule has 2 N–H and O–H groups in total. The van der Waals surface area contributed by atoms with E-state index in [0.29, 0.717) is 45.9 Å². The number of rotatable bonds is 12. The van der Waals surface area contributed by atoms with Crippen molar-refractivity contribution in [1.29, 1.82) is 0 Å². The Hall–Kier alpha value is -3.08. The number of thiophene rings is 1. The summed E-state index contributed by atoms with van der Waals surface area (Å²) in [5.41, 5.74) is 1.24. The van der Waals surface area contributed by atoms with E-state index in [2.05, 4.69) is 9.97 Å². The molecule has 0 spiro atoms. The fraction of sp³-hybridized carbons (Fsp3) is 0.440. The van der Waals surface area contributed by atoms with Gasteiger partial charge in [0.2, 0.25) is 0 Å². The highest BCUT2D eigenvalue weighted by Gasteiger charge is 2.21. The zero-order chi connectivity index (χ0) is 25.4. The van der Waals surface area contributed by atoms with E-state index >= 15 is 0 Å². The van der Waals surface area contributed by atoms with Crippen molar-refractivity contribution in [1.82, 2.24) is 14.9 Å². The summed E-state index contributed by atoms with van der Waals surface area (Å²) in [6.45, 7) is 6.38. The Bertz CT molecular complexity index is 1210. The van der Waals surface area contributed by atoms with E-state index in [9.17, 15) is 19.5 Å². The maximum atomic E-state index is 12.8. The highest BCUT2D eigenvalue weighted by atomic mass is 32.1. The molecule has 0 saturated carbocycles. The summed E-state index contributed by atoms with van der Waals surface area (Å²) in [5.74, 6) is -0.409. The van der Waals surface area contributed by atoms with Crippen LogP contribution in [0.3, 0.4) is 0 Å². The van der Waals surface area contributed by atoms with Gasteiger partial charge in [-0.3, -0.25) is 14.5 Å². The first-order valence-electron chi connectivity index (χ1n) is 11.6. The lowest BCUT2D eigenvalue weighted by Gasteiger charge is -2.24. The van der Waals surface area contributed by atoms with Gasteiger partial charge in [0.05, 0.1) is 18.5 Å². The lowest BCUT2D eigenvalue weighted by Crippen LogP contribution is -2.35. The van der Waals surface area contributed by atoms with Gasteiger partial charge < -0.3 is 19.6 Å². The molecule has 0 unspecified atom stereocenters. The molecule has 0 aliphatic rings. The molecule has 188 valence electrons. The second-order valence-corrected chi connectivity index (χ2v) is 9.21. The van der Waals surface area contributed by atoms with Crippen molar-refractivity contribution < 1.29 is 24.2 Å². The van der Waals surface area contributed by atoms with Crippen LogP contribution in [0.1, 0.15) is 53.3 Å². The SMILES string of the molecule is CCCC(=O)OC[C@H](O)CN(Cc1ccccc1)Cc1nc2sc(C(=O)OCC)c(C)c2c(=O)[nH]1. The number of aromatic nitrogens is 2. The maximum absolute atomic E-state index is 12.8. The topological polar surface area (TPSA) is 122 Å². The van der Waals surface area contributed by atoms with Gasteiger partial charge in [-0.2, -0.15) is 0 Å². The number of aromatic amines is 1. The van der Waals surface area contributed by atoms with Gasteiger partial charge in [-0.25, -0.2) is 9.78 Å². The number of aryl methyl sites for hydroxylation is 1. The Labute approximate surface area is 207 Å². The van der Waals surface area contributed by atoms with Gasteiger partial charge in [0.1, 0.15) is 28.2 Å². The third kappa shape index (κ3) is 7.20. The molecule has 2 heterocycles. The zero-order valence-electron chi connectivity index (χ0n) is 20.2. The molecule has 0 fully saturated rings. The molecule has 0 bridgehead atoms. The molecule has 1 atom stereocenters. The summed E-state index contributed by atoms with van der Waals surface area (Å²) in [5, 5.41) is 10.9. The average molecular weight is 502 g/mol. The normalized spacial score (nSPS) is 12.1. The lowest BCUT2D eigenvalue weighted by atomic mass is 10.2. The number of H-pyrrole nitrogens is 1. The molecule has 0 saturated heterocycles. The monoisotopic (exact) mass is 501 g/mol. The van der Waals surface area contributed by atoms with E-state index in [0.717, 1.165) is 16.9 Å². The number of esters is 2. The number of carbonyl (C=O) groups excluding carboxylic acids is 2. The minimum atomic E-state index is -0.908. The van der Waals surface area contributed by atoms with Crippen LogP contribution >= 0.6 is 11.3 Å². The smallest absolute Gasteiger partial charge is 0.348 e. The fourth-order valence-electron chi connectivity index (χ4n) is 3.71. The van der Waals surface area contributed by atoms with E-state index in [1.807, 2.05) is 42.2 Å². The van der Waals surface area contributed by atoms with Gasteiger partial charge in [0.15, 0.2) is 0 Å². The third-order valence-corrected chi connectivity index (χ3v) is 6.46. The van der Waals surface area contributed by atoms with Gasteiger partial charge in [-0.1, -0.05) is 37.3 Å². The van der Waals surface area contributed by atoms with Crippen molar-refractivity contribution in [3.05, 3.63) is 62.5 Å². The van der Waals surface area contributed by atoms with E-state index in [1.165, 1.54) is 0 Å². The van der Waals surface area contributed by atoms with Crippen molar-refractivity contribution in [2.75, 3.05) is 19.8 Å². The number of benzene rings is 1. The summed E-state index contributed by atoms with van der Waals surface area (Å²) >= 11 is 1.13. The summed E-state index contributed by atoms with van der Waals surface area (Å²) in [4.78, 5) is 46.9. The van der Waals surface area contributed by atoms with E-state index in [-0.39, 0.29) is 37.8 Å². The Morgan fingerprint density at radius 3 is 2.60 bits per heavy atom. The van der Waals surface area contributed by atoms with Gasteiger partial charge >= 0.3 is 11.9 Å².